The summed E-state index contributed by atoms with van der Waals surface area (Å²) < 4.78 is 47.0. The van der Waals surface area contributed by atoms with Crippen molar-refractivity contribution in [3.63, 3.8) is 0 Å². The fourth-order valence-corrected chi connectivity index (χ4v) is 7.18. The quantitative estimate of drug-likeness (QED) is 0.358. The van der Waals surface area contributed by atoms with Crippen LogP contribution in [0.3, 0.4) is 0 Å². The van der Waals surface area contributed by atoms with Crippen LogP contribution in [0.5, 0.6) is 17.2 Å². The molecule has 3 aromatic carbocycles. The van der Waals surface area contributed by atoms with Gasteiger partial charge >= 0.3 is 16.3 Å². The molecule has 0 radical (unpaired) electrons. The molecule has 4 heterocycles. The molecule has 1 N–H and O–H groups in total. The van der Waals surface area contributed by atoms with E-state index < -0.39 is 28.2 Å². The SMILES string of the molecule is COc1ccc2cc1[C@@H](C)N1Cc3cc(ccc3OS1(=O)=O)OCCCCn1nnc3c(C)c(ccc31)[C@H]2CC(=O)O. The van der Waals surface area contributed by atoms with Crippen LogP contribution in [-0.4, -0.2) is 52.5 Å². The lowest BCUT2D eigenvalue weighted by atomic mass is 9.84. The zero-order valence-corrected chi connectivity index (χ0v) is 24.4. The Morgan fingerprint density at radius 3 is 2.74 bits per heavy atom. The summed E-state index contributed by atoms with van der Waals surface area (Å²) in [5.74, 6) is -0.0949. The largest absolute Gasteiger partial charge is 0.496 e. The highest BCUT2D eigenvalue weighted by atomic mass is 32.2. The molecule has 3 aliphatic heterocycles. The molecule has 9 bridgehead atoms. The molecule has 0 amide bonds. The molecule has 7 rings (SSSR count). The van der Waals surface area contributed by atoms with Crippen LogP contribution in [0.25, 0.3) is 11.0 Å². The summed E-state index contributed by atoms with van der Waals surface area (Å²) in [4.78, 5) is 12.1. The molecule has 0 spiro atoms. The van der Waals surface area contributed by atoms with E-state index in [0.717, 1.165) is 40.6 Å². The lowest BCUT2D eigenvalue weighted by molar-refractivity contribution is -0.137. The van der Waals surface area contributed by atoms with Crippen molar-refractivity contribution in [2.45, 2.75) is 58.2 Å². The maximum atomic E-state index is 13.3. The Kier molecular flexibility index (Phi) is 7.27. The molecule has 0 aliphatic carbocycles. The van der Waals surface area contributed by atoms with Crippen molar-refractivity contribution in [1.82, 2.24) is 19.3 Å². The maximum absolute atomic E-state index is 13.3. The molecule has 11 nitrogen and oxygen atoms in total. The van der Waals surface area contributed by atoms with Gasteiger partial charge in [0.15, 0.2) is 0 Å². The molecular weight excluding hydrogens is 560 g/mol. The molecule has 3 atom stereocenters. The second kappa shape index (κ2) is 10.9. The van der Waals surface area contributed by atoms with E-state index >= 15 is 0 Å². The molecule has 12 heteroatoms. The number of carboxylic acids is 1. The van der Waals surface area contributed by atoms with Crippen molar-refractivity contribution < 1.29 is 32.0 Å². The third-order valence-corrected chi connectivity index (χ3v) is 9.56. The van der Waals surface area contributed by atoms with Gasteiger partial charge in [-0.15, -0.1) is 5.10 Å². The van der Waals surface area contributed by atoms with Crippen molar-refractivity contribution in [2.75, 3.05) is 13.7 Å². The average molecular weight is 593 g/mol. The summed E-state index contributed by atoms with van der Waals surface area (Å²) in [6.07, 6.45) is 1.42. The van der Waals surface area contributed by atoms with E-state index in [9.17, 15) is 18.3 Å². The first-order valence-corrected chi connectivity index (χ1v) is 15.2. The summed E-state index contributed by atoms with van der Waals surface area (Å²) >= 11 is 0. The Morgan fingerprint density at radius 2 is 1.95 bits per heavy atom. The molecule has 0 saturated heterocycles. The minimum Gasteiger partial charge on any atom is -0.496 e. The first kappa shape index (κ1) is 28.0. The van der Waals surface area contributed by atoms with Crippen LogP contribution in [0, 0.1) is 6.92 Å². The predicted octanol–water partition coefficient (Wildman–Crippen LogP) is 4.73. The average Bonchev–Trinajstić information content (AvgIpc) is 3.38. The van der Waals surface area contributed by atoms with Gasteiger partial charge in [0.1, 0.15) is 22.8 Å². The van der Waals surface area contributed by atoms with E-state index in [1.807, 2.05) is 41.9 Å². The monoisotopic (exact) mass is 592 g/mol. The molecular formula is C30H32N4O7S. The van der Waals surface area contributed by atoms with Gasteiger partial charge in [0.05, 0.1) is 31.7 Å². The number of aliphatic carboxylic acids is 1. The van der Waals surface area contributed by atoms with Gasteiger partial charge in [0.2, 0.25) is 0 Å². The number of aromatic nitrogens is 3. The van der Waals surface area contributed by atoms with Crippen molar-refractivity contribution in [1.29, 1.82) is 0 Å². The van der Waals surface area contributed by atoms with Gasteiger partial charge in [0.25, 0.3) is 0 Å². The lowest BCUT2D eigenvalue weighted by Crippen LogP contribution is -2.39. The normalized spacial score (nSPS) is 21.5. The molecule has 4 aromatic rings. The number of carbonyl (C=O) groups is 1. The van der Waals surface area contributed by atoms with Crippen LogP contribution in [0.4, 0.5) is 0 Å². The number of nitrogens with zero attached hydrogens (tertiary/aromatic N) is 4. The number of fused-ring (bicyclic) bond motifs is 5. The summed E-state index contributed by atoms with van der Waals surface area (Å²) in [6.45, 7) is 4.91. The number of hydrogen-bond acceptors (Lipinski definition) is 8. The van der Waals surface area contributed by atoms with Crippen molar-refractivity contribution in [3.8, 4) is 17.2 Å². The standard InChI is InChI=1S/C30H32N4O7S/c1-18-23-8-9-26-30(18)31-32-33(26)12-4-5-13-40-22-7-11-27-21(14-22)17-34(42(37,38)41-27)19(2)24-15-20(6-10-28(24)39-3)25(23)16-29(35)36/h6-11,14-15,19,25H,4-5,12-13,16-17H2,1-3H3,(H,35,36)/t19-,25+/m1/s1. The van der Waals surface area contributed by atoms with Crippen LogP contribution < -0.4 is 13.7 Å². The predicted molar refractivity (Wildman–Crippen MR) is 154 cm³/mol. The van der Waals surface area contributed by atoms with Crippen LogP contribution in [-0.2, 0) is 28.2 Å². The van der Waals surface area contributed by atoms with Crippen molar-refractivity contribution in [3.05, 3.63) is 76.3 Å². The highest BCUT2D eigenvalue weighted by molar-refractivity contribution is 7.84. The number of rotatable bonds is 3. The van der Waals surface area contributed by atoms with Gasteiger partial charge in [0, 0.05) is 30.1 Å². The molecule has 42 heavy (non-hydrogen) atoms. The Bertz CT molecular complexity index is 1790. The second-order valence-corrected chi connectivity index (χ2v) is 12.2. The molecule has 0 fully saturated rings. The molecule has 0 saturated carbocycles. The topological polar surface area (TPSA) is 133 Å². The Hall–Kier alpha value is -4.16. The minimum atomic E-state index is -4.14. The highest BCUT2D eigenvalue weighted by Gasteiger charge is 2.37. The van der Waals surface area contributed by atoms with Crippen molar-refractivity contribution >= 4 is 27.3 Å². The summed E-state index contributed by atoms with van der Waals surface area (Å²) in [5, 5.41) is 18.7. The number of methoxy groups -OCH3 is 1. The van der Waals surface area contributed by atoms with E-state index in [-0.39, 0.29) is 18.7 Å². The van der Waals surface area contributed by atoms with E-state index in [2.05, 4.69) is 10.3 Å². The lowest BCUT2D eigenvalue weighted by Gasteiger charge is -2.33. The number of ether oxygens (including phenoxy) is 2. The van der Waals surface area contributed by atoms with Gasteiger partial charge in [-0.2, -0.15) is 12.7 Å². The zero-order chi connectivity index (χ0) is 29.6. The highest BCUT2D eigenvalue weighted by Crippen LogP contribution is 2.41. The maximum Gasteiger partial charge on any atom is 0.386 e. The summed E-state index contributed by atoms with van der Waals surface area (Å²) in [7, 11) is -2.62. The van der Waals surface area contributed by atoms with E-state index in [1.165, 1.54) is 11.4 Å². The van der Waals surface area contributed by atoms with Gasteiger partial charge in [-0.3, -0.25) is 4.79 Å². The molecule has 220 valence electrons. The van der Waals surface area contributed by atoms with E-state index in [1.54, 1.807) is 25.1 Å². The van der Waals surface area contributed by atoms with Crippen LogP contribution in [0.15, 0.2) is 48.5 Å². The summed E-state index contributed by atoms with van der Waals surface area (Å²) in [5.41, 5.74) is 5.27. The fourth-order valence-electron chi connectivity index (χ4n) is 5.90. The third kappa shape index (κ3) is 5.05. The Labute approximate surface area is 243 Å². The minimum absolute atomic E-state index is 0.0733. The number of hydrogen-bond donors (Lipinski definition) is 1. The fraction of sp³-hybridized carbons (Fsp3) is 0.367. The van der Waals surface area contributed by atoms with Crippen LogP contribution in [0.2, 0.25) is 0 Å². The first-order chi connectivity index (χ1) is 20.2. The van der Waals surface area contributed by atoms with Gasteiger partial charge in [-0.05, 0) is 79.8 Å². The van der Waals surface area contributed by atoms with Gasteiger partial charge < -0.3 is 18.8 Å². The second-order valence-electron chi connectivity index (χ2n) is 10.7. The molecule has 3 aliphatic rings. The van der Waals surface area contributed by atoms with Gasteiger partial charge in [-0.1, -0.05) is 17.3 Å². The number of aryl methyl sites for hydroxylation is 2. The van der Waals surface area contributed by atoms with Crippen molar-refractivity contribution in [2.24, 2.45) is 0 Å². The Morgan fingerprint density at radius 1 is 1.12 bits per heavy atom. The summed E-state index contributed by atoms with van der Waals surface area (Å²) in [6, 6.07) is 13.7. The molecule has 1 unspecified atom stereocenters. The van der Waals surface area contributed by atoms with Crippen LogP contribution in [0.1, 0.15) is 66.0 Å². The van der Waals surface area contributed by atoms with Gasteiger partial charge in [-0.25, -0.2) is 4.68 Å². The Balaban J connectivity index is 1.52. The number of benzene rings is 3. The van der Waals surface area contributed by atoms with E-state index in [4.69, 9.17) is 13.7 Å². The smallest absolute Gasteiger partial charge is 0.386 e. The number of carboxylic acid groups (broad SMARTS) is 1. The first-order valence-electron chi connectivity index (χ1n) is 13.9. The van der Waals surface area contributed by atoms with Crippen LogP contribution >= 0.6 is 0 Å². The zero-order valence-electron chi connectivity index (χ0n) is 23.6. The van der Waals surface area contributed by atoms with E-state index in [0.29, 0.717) is 35.8 Å². The third-order valence-electron chi connectivity index (χ3n) is 8.15. The molecule has 1 aromatic heterocycles.